The molecule has 2 aromatic rings. The molecule has 0 fully saturated rings. The van der Waals surface area contributed by atoms with E-state index in [2.05, 4.69) is 5.10 Å². The number of ether oxygens (including phenoxy) is 1. The molecule has 0 saturated carbocycles. The molecule has 11 heteroatoms. The van der Waals surface area contributed by atoms with Crippen molar-refractivity contribution < 1.29 is 35.9 Å². The van der Waals surface area contributed by atoms with Gasteiger partial charge in [0, 0.05) is 23.9 Å². The molecule has 0 aromatic heterocycles. The third-order valence-electron chi connectivity index (χ3n) is 4.83. The van der Waals surface area contributed by atoms with Crippen molar-refractivity contribution in [2.45, 2.75) is 12.4 Å². The fraction of sp³-hybridized carbons (Fsp3) is 0.200. The Kier molecular flexibility index (Phi) is 4.71. The Balaban J connectivity index is 1.57. The number of fused-ring (bicyclic) bond motifs is 3. The minimum atomic E-state index is -4.54. The van der Waals surface area contributed by atoms with E-state index in [1.54, 1.807) is 0 Å². The Morgan fingerprint density at radius 2 is 1.61 bits per heavy atom. The van der Waals surface area contributed by atoms with Crippen LogP contribution < -0.4 is 9.64 Å². The molecule has 0 atom stereocenters. The van der Waals surface area contributed by atoms with Crippen LogP contribution in [0.25, 0.3) is 0 Å². The maximum atomic E-state index is 12.9. The SMILES string of the molecule is CN(C(=O)N1CC2=COc3cc(C(F)(F)F)ccc3C2=N1)c1ccc(C(F)(F)F)cc1. The number of anilines is 1. The molecule has 2 aromatic carbocycles. The van der Waals surface area contributed by atoms with Crippen LogP contribution in [0.3, 0.4) is 0 Å². The number of carbonyl (C=O) groups excluding carboxylic acids is 1. The summed E-state index contributed by atoms with van der Waals surface area (Å²) in [6.07, 6.45) is -7.80. The number of nitrogens with zero attached hydrogens (tertiary/aromatic N) is 3. The Morgan fingerprint density at radius 3 is 2.23 bits per heavy atom. The van der Waals surface area contributed by atoms with Crippen molar-refractivity contribution in [2.75, 3.05) is 18.5 Å². The van der Waals surface area contributed by atoms with Gasteiger partial charge in [0.2, 0.25) is 0 Å². The highest BCUT2D eigenvalue weighted by molar-refractivity contribution is 6.17. The molecule has 2 aliphatic heterocycles. The number of hydrazone groups is 1. The number of hydrogen-bond acceptors (Lipinski definition) is 3. The number of amides is 2. The van der Waals surface area contributed by atoms with Gasteiger partial charge in [0.1, 0.15) is 11.5 Å². The summed E-state index contributed by atoms with van der Waals surface area (Å²) in [6.45, 7) is -0.000393. The van der Waals surface area contributed by atoms with E-state index in [0.717, 1.165) is 46.3 Å². The minimum Gasteiger partial charge on any atom is -0.464 e. The number of benzene rings is 2. The zero-order valence-electron chi connectivity index (χ0n) is 15.8. The molecule has 5 nitrogen and oxygen atoms in total. The average molecular weight is 441 g/mol. The number of halogens is 6. The second kappa shape index (κ2) is 7.03. The predicted molar refractivity (Wildman–Crippen MR) is 98.6 cm³/mol. The molecule has 0 radical (unpaired) electrons. The van der Waals surface area contributed by atoms with Gasteiger partial charge in [0.05, 0.1) is 23.9 Å². The van der Waals surface area contributed by atoms with Crippen LogP contribution in [0.2, 0.25) is 0 Å². The first-order valence-electron chi connectivity index (χ1n) is 8.84. The third-order valence-corrected chi connectivity index (χ3v) is 4.83. The van der Waals surface area contributed by atoms with Gasteiger partial charge in [-0.3, -0.25) is 4.90 Å². The van der Waals surface area contributed by atoms with E-state index in [0.29, 0.717) is 16.8 Å². The minimum absolute atomic E-state index is 0.000393. The Morgan fingerprint density at radius 1 is 1.00 bits per heavy atom. The first kappa shape index (κ1) is 20.8. The molecule has 0 saturated heterocycles. The summed E-state index contributed by atoms with van der Waals surface area (Å²) in [6, 6.07) is 6.38. The summed E-state index contributed by atoms with van der Waals surface area (Å²) in [7, 11) is 1.38. The lowest BCUT2D eigenvalue weighted by molar-refractivity contribution is -0.138. The zero-order valence-corrected chi connectivity index (χ0v) is 15.8. The van der Waals surface area contributed by atoms with Crippen molar-refractivity contribution in [3.63, 3.8) is 0 Å². The molecule has 2 amide bonds. The van der Waals surface area contributed by atoms with E-state index in [9.17, 15) is 31.1 Å². The summed E-state index contributed by atoms with van der Waals surface area (Å²) < 4.78 is 82.2. The zero-order chi connectivity index (χ0) is 22.6. The number of urea groups is 1. The summed E-state index contributed by atoms with van der Waals surface area (Å²) in [5.41, 5.74) is -0.421. The molecule has 0 aliphatic carbocycles. The lowest BCUT2D eigenvalue weighted by Crippen LogP contribution is -2.37. The normalized spacial score (nSPS) is 15.5. The molecule has 31 heavy (non-hydrogen) atoms. The molecule has 0 spiro atoms. The van der Waals surface area contributed by atoms with Crippen LogP contribution in [-0.2, 0) is 12.4 Å². The highest BCUT2D eigenvalue weighted by atomic mass is 19.4. The van der Waals surface area contributed by atoms with E-state index in [4.69, 9.17) is 4.74 Å². The van der Waals surface area contributed by atoms with Crippen molar-refractivity contribution in [1.29, 1.82) is 0 Å². The summed E-state index contributed by atoms with van der Waals surface area (Å²) in [4.78, 5) is 13.9. The monoisotopic (exact) mass is 441 g/mol. The topological polar surface area (TPSA) is 45.1 Å². The summed E-state index contributed by atoms with van der Waals surface area (Å²) >= 11 is 0. The van der Waals surface area contributed by atoms with Crippen LogP contribution in [0.4, 0.5) is 36.8 Å². The molecule has 2 aliphatic rings. The van der Waals surface area contributed by atoms with Crippen LogP contribution in [0, 0.1) is 0 Å². The quantitative estimate of drug-likeness (QED) is 0.566. The predicted octanol–water partition coefficient (Wildman–Crippen LogP) is 5.28. The van der Waals surface area contributed by atoms with E-state index in [1.165, 1.54) is 19.4 Å². The Hall–Kier alpha value is -3.50. The molecule has 0 bridgehead atoms. The second-order valence-electron chi connectivity index (χ2n) is 6.86. The van der Waals surface area contributed by atoms with Crippen molar-refractivity contribution >= 4 is 17.4 Å². The van der Waals surface area contributed by atoms with Crippen molar-refractivity contribution in [2.24, 2.45) is 5.10 Å². The molecule has 0 unspecified atom stereocenters. The molecule has 0 N–H and O–H groups in total. The van der Waals surface area contributed by atoms with E-state index >= 15 is 0 Å². The number of rotatable bonds is 1. The van der Waals surface area contributed by atoms with Crippen LogP contribution >= 0.6 is 0 Å². The van der Waals surface area contributed by atoms with Gasteiger partial charge in [0.25, 0.3) is 0 Å². The highest BCUT2D eigenvalue weighted by Crippen LogP contribution is 2.37. The summed E-state index contributed by atoms with van der Waals surface area (Å²) in [5.74, 6) is -0.0391. The maximum absolute atomic E-state index is 12.9. The number of hydrogen-bond donors (Lipinski definition) is 0. The van der Waals surface area contributed by atoms with Crippen LogP contribution in [0.1, 0.15) is 16.7 Å². The van der Waals surface area contributed by atoms with Crippen molar-refractivity contribution in [3.8, 4) is 5.75 Å². The van der Waals surface area contributed by atoms with Gasteiger partial charge in [-0.15, -0.1) is 0 Å². The highest BCUT2D eigenvalue weighted by Gasteiger charge is 2.36. The van der Waals surface area contributed by atoms with Gasteiger partial charge >= 0.3 is 18.4 Å². The van der Waals surface area contributed by atoms with Crippen LogP contribution in [-0.4, -0.2) is 30.3 Å². The Labute approximate surface area is 171 Å². The van der Waals surface area contributed by atoms with E-state index in [-0.39, 0.29) is 18.0 Å². The molecular weight excluding hydrogens is 428 g/mol. The fourth-order valence-corrected chi connectivity index (χ4v) is 3.17. The van der Waals surface area contributed by atoms with E-state index in [1.807, 2.05) is 0 Å². The first-order valence-corrected chi connectivity index (χ1v) is 8.84. The smallest absolute Gasteiger partial charge is 0.416 e. The standard InChI is InChI=1S/C20H13F6N3O2/c1-28(14-5-2-12(3-6-14)19(21,22)23)18(30)29-9-11-10-31-16-8-13(20(24,25)26)4-7-15(16)17(11)27-29/h2-8,10H,9H2,1H3. The lowest BCUT2D eigenvalue weighted by atomic mass is 9.99. The molecule has 2 heterocycles. The maximum Gasteiger partial charge on any atom is 0.416 e. The Bertz CT molecular complexity index is 1100. The van der Waals surface area contributed by atoms with Gasteiger partial charge in [-0.1, -0.05) is 0 Å². The largest absolute Gasteiger partial charge is 0.464 e. The number of carbonyl (C=O) groups is 1. The van der Waals surface area contributed by atoms with Gasteiger partial charge < -0.3 is 4.74 Å². The first-order chi connectivity index (χ1) is 14.4. The van der Waals surface area contributed by atoms with Crippen LogP contribution in [0.5, 0.6) is 5.75 Å². The van der Waals surface area contributed by atoms with Gasteiger partial charge in [-0.2, -0.15) is 31.4 Å². The molecule has 4 rings (SSSR count). The van der Waals surface area contributed by atoms with Gasteiger partial charge in [0.15, 0.2) is 0 Å². The van der Waals surface area contributed by atoms with Crippen molar-refractivity contribution in [3.05, 3.63) is 71.0 Å². The molecule has 162 valence electrons. The van der Waals surface area contributed by atoms with Gasteiger partial charge in [-0.05, 0) is 42.5 Å². The lowest BCUT2D eigenvalue weighted by Gasteiger charge is -2.22. The van der Waals surface area contributed by atoms with Gasteiger partial charge in [-0.25, -0.2) is 9.80 Å². The van der Waals surface area contributed by atoms with E-state index < -0.39 is 29.5 Å². The van der Waals surface area contributed by atoms with Crippen LogP contribution in [0.15, 0.2) is 59.4 Å². The second-order valence-corrected chi connectivity index (χ2v) is 6.86. The molecular formula is C20H13F6N3O2. The fourth-order valence-electron chi connectivity index (χ4n) is 3.17. The third kappa shape index (κ3) is 3.82. The average Bonchev–Trinajstić information content (AvgIpc) is 3.16. The number of alkyl halides is 6. The van der Waals surface area contributed by atoms with Crippen molar-refractivity contribution in [1.82, 2.24) is 5.01 Å². The summed E-state index contributed by atoms with van der Waals surface area (Å²) in [5, 5.41) is 5.26.